The lowest BCUT2D eigenvalue weighted by Gasteiger charge is -2.08. The Labute approximate surface area is 99.0 Å². The molecule has 0 fully saturated rings. The first-order valence-corrected chi connectivity index (χ1v) is 5.23. The van der Waals surface area contributed by atoms with Crippen molar-refractivity contribution in [2.24, 2.45) is 0 Å². The van der Waals surface area contributed by atoms with Crippen LogP contribution in [0.4, 0.5) is 5.69 Å². The Hall–Kier alpha value is -2.35. The quantitative estimate of drug-likeness (QED) is 0.871. The highest BCUT2D eigenvalue weighted by Gasteiger charge is 2.06. The van der Waals surface area contributed by atoms with Gasteiger partial charge in [0.05, 0.1) is 18.2 Å². The van der Waals surface area contributed by atoms with Crippen LogP contribution >= 0.6 is 0 Å². The van der Waals surface area contributed by atoms with Gasteiger partial charge in [0.25, 0.3) is 0 Å². The van der Waals surface area contributed by atoms with Crippen molar-refractivity contribution in [2.45, 2.75) is 20.4 Å². The summed E-state index contributed by atoms with van der Waals surface area (Å²) in [4.78, 5) is 0. The lowest BCUT2D eigenvalue weighted by molar-refractivity contribution is 0.301. The van der Waals surface area contributed by atoms with Crippen LogP contribution in [-0.4, -0.2) is 10.3 Å². The molecule has 17 heavy (non-hydrogen) atoms. The molecule has 0 aliphatic heterocycles. The number of nitrogens with zero attached hydrogens (tertiary/aromatic N) is 3. The van der Waals surface area contributed by atoms with Gasteiger partial charge in [0.15, 0.2) is 0 Å². The Balaban J connectivity index is 2.14. The van der Waals surface area contributed by atoms with Gasteiger partial charge in [-0.05, 0) is 31.5 Å². The van der Waals surface area contributed by atoms with Gasteiger partial charge in [-0.1, -0.05) is 16.4 Å². The number of nitrogens with one attached hydrogen (secondary N) is 1. The van der Waals surface area contributed by atoms with Crippen LogP contribution in [0.2, 0.25) is 0 Å². The topological polar surface area (TPSA) is 74.7 Å². The van der Waals surface area contributed by atoms with Gasteiger partial charge in [-0.25, -0.2) is 4.63 Å². The van der Waals surface area contributed by atoms with Gasteiger partial charge in [-0.2, -0.15) is 5.26 Å². The van der Waals surface area contributed by atoms with Crippen LogP contribution in [0.5, 0.6) is 0 Å². The second kappa shape index (κ2) is 4.66. The molecule has 0 saturated carbocycles. The molecule has 0 saturated heterocycles. The molecule has 0 bridgehead atoms. The van der Waals surface area contributed by atoms with E-state index in [1.54, 1.807) is 6.07 Å². The minimum atomic E-state index is 0.533. The lowest BCUT2D eigenvalue weighted by Crippen LogP contribution is -2.03. The van der Waals surface area contributed by atoms with E-state index in [4.69, 9.17) is 5.26 Å². The van der Waals surface area contributed by atoms with Crippen molar-refractivity contribution in [2.75, 3.05) is 5.32 Å². The van der Waals surface area contributed by atoms with E-state index in [1.165, 1.54) is 0 Å². The molecule has 2 aromatic rings. The Morgan fingerprint density at radius 3 is 2.82 bits per heavy atom. The third kappa shape index (κ3) is 2.42. The molecule has 0 atom stereocenters. The summed E-state index contributed by atoms with van der Waals surface area (Å²) in [5.74, 6) is 0. The third-order valence-electron chi connectivity index (χ3n) is 2.56. The van der Waals surface area contributed by atoms with Crippen molar-refractivity contribution in [3.63, 3.8) is 0 Å². The number of nitriles is 1. The van der Waals surface area contributed by atoms with Gasteiger partial charge < -0.3 is 5.32 Å². The van der Waals surface area contributed by atoms with E-state index in [1.807, 2.05) is 26.0 Å². The first-order valence-electron chi connectivity index (χ1n) is 5.23. The number of rotatable bonds is 3. The van der Waals surface area contributed by atoms with E-state index >= 15 is 0 Å². The summed E-state index contributed by atoms with van der Waals surface area (Å²) >= 11 is 0. The van der Waals surface area contributed by atoms with E-state index in [-0.39, 0.29) is 0 Å². The van der Waals surface area contributed by atoms with Crippen molar-refractivity contribution in [1.29, 1.82) is 5.26 Å². The van der Waals surface area contributed by atoms with Crippen LogP contribution < -0.4 is 5.32 Å². The SMILES string of the molecule is Cc1ccc(C#N)cc1NCc1nonc1C. The molecular formula is C12H12N4O. The van der Waals surface area contributed by atoms with Gasteiger partial charge in [-0.3, -0.25) is 0 Å². The monoisotopic (exact) mass is 228 g/mol. The minimum absolute atomic E-state index is 0.533. The van der Waals surface area contributed by atoms with E-state index in [0.29, 0.717) is 12.1 Å². The maximum absolute atomic E-state index is 8.83. The Kier molecular flexibility index (Phi) is 3.06. The summed E-state index contributed by atoms with van der Waals surface area (Å²) < 4.78 is 4.62. The fraction of sp³-hybridized carbons (Fsp3) is 0.250. The predicted molar refractivity (Wildman–Crippen MR) is 62.3 cm³/mol. The highest BCUT2D eigenvalue weighted by atomic mass is 16.6. The fourth-order valence-corrected chi connectivity index (χ4v) is 1.47. The highest BCUT2D eigenvalue weighted by Crippen LogP contribution is 2.17. The molecule has 2 rings (SSSR count). The zero-order chi connectivity index (χ0) is 12.3. The molecule has 0 unspecified atom stereocenters. The van der Waals surface area contributed by atoms with Crippen LogP contribution in [0.1, 0.15) is 22.5 Å². The molecule has 0 aliphatic rings. The maximum atomic E-state index is 8.83. The number of hydrogen-bond donors (Lipinski definition) is 1. The van der Waals surface area contributed by atoms with Crippen LogP contribution in [0.15, 0.2) is 22.8 Å². The largest absolute Gasteiger partial charge is 0.379 e. The maximum Gasteiger partial charge on any atom is 0.127 e. The summed E-state index contributed by atoms with van der Waals surface area (Å²) in [7, 11) is 0. The number of aromatic nitrogens is 2. The summed E-state index contributed by atoms with van der Waals surface area (Å²) in [6, 6.07) is 7.64. The van der Waals surface area contributed by atoms with Crippen LogP contribution in [0, 0.1) is 25.2 Å². The molecule has 0 aliphatic carbocycles. The summed E-state index contributed by atoms with van der Waals surface area (Å²) in [6.07, 6.45) is 0. The smallest absolute Gasteiger partial charge is 0.127 e. The first kappa shape index (κ1) is 11.1. The van der Waals surface area contributed by atoms with E-state index < -0.39 is 0 Å². The standard InChI is InChI=1S/C12H12N4O/c1-8-3-4-10(6-13)5-11(8)14-7-12-9(2)15-17-16-12/h3-5,14H,7H2,1-2H3. The summed E-state index contributed by atoms with van der Waals surface area (Å²) in [6.45, 7) is 4.36. The summed E-state index contributed by atoms with van der Waals surface area (Å²) in [5.41, 5.74) is 4.18. The molecular weight excluding hydrogens is 216 g/mol. The van der Waals surface area contributed by atoms with Crippen molar-refractivity contribution in [3.8, 4) is 6.07 Å². The van der Waals surface area contributed by atoms with Crippen molar-refractivity contribution < 1.29 is 4.63 Å². The molecule has 5 heteroatoms. The van der Waals surface area contributed by atoms with Gasteiger partial charge >= 0.3 is 0 Å². The highest BCUT2D eigenvalue weighted by molar-refractivity contribution is 5.55. The Morgan fingerprint density at radius 2 is 2.18 bits per heavy atom. The van der Waals surface area contributed by atoms with Gasteiger partial charge in [0.1, 0.15) is 11.4 Å². The second-order valence-corrected chi connectivity index (χ2v) is 3.79. The number of anilines is 1. The average molecular weight is 228 g/mol. The van der Waals surface area contributed by atoms with E-state index in [0.717, 1.165) is 22.6 Å². The molecule has 1 heterocycles. The molecule has 0 radical (unpaired) electrons. The molecule has 0 spiro atoms. The Morgan fingerprint density at radius 1 is 1.35 bits per heavy atom. The van der Waals surface area contributed by atoms with E-state index in [9.17, 15) is 0 Å². The van der Waals surface area contributed by atoms with Crippen LogP contribution in [-0.2, 0) is 6.54 Å². The first-order chi connectivity index (χ1) is 8.20. The van der Waals surface area contributed by atoms with Crippen molar-refractivity contribution in [1.82, 2.24) is 10.3 Å². The van der Waals surface area contributed by atoms with Crippen LogP contribution in [0.3, 0.4) is 0 Å². The lowest BCUT2D eigenvalue weighted by atomic mass is 10.1. The third-order valence-corrected chi connectivity index (χ3v) is 2.56. The molecule has 1 aromatic carbocycles. The zero-order valence-electron chi connectivity index (χ0n) is 9.69. The minimum Gasteiger partial charge on any atom is -0.379 e. The fourth-order valence-electron chi connectivity index (χ4n) is 1.47. The average Bonchev–Trinajstić information content (AvgIpc) is 2.74. The van der Waals surface area contributed by atoms with Crippen LogP contribution in [0.25, 0.3) is 0 Å². The zero-order valence-corrected chi connectivity index (χ0v) is 9.69. The van der Waals surface area contributed by atoms with Gasteiger partial charge in [0.2, 0.25) is 0 Å². The normalized spacial score (nSPS) is 9.94. The molecule has 0 amide bonds. The van der Waals surface area contributed by atoms with Crippen molar-refractivity contribution >= 4 is 5.69 Å². The molecule has 86 valence electrons. The van der Waals surface area contributed by atoms with E-state index in [2.05, 4.69) is 26.3 Å². The second-order valence-electron chi connectivity index (χ2n) is 3.79. The number of benzene rings is 1. The Bertz CT molecular complexity index is 568. The van der Waals surface area contributed by atoms with Gasteiger partial charge in [0, 0.05) is 5.69 Å². The number of aryl methyl sites for hydroxylation is 2. The van der Waals surface area contributed by atoms with Crippen molar-refractivity contribution in [3.05, 3.63) is 40.7 Å². The van der Waals surface area contributed by atoms with Gasteiger partial charge in [-0.15, -0.1) is 0 Å². The predicted octanol–water partition coefficient (Wildman–Crippen LogP) is 2.17. The summed E-state index contributed by atoms with van der Waals surface area (Å²) in [5, 5.41) is 19.5. The molecule has 5 nitrogen and oxygen atoms in total. The number of hydrogen-bond acceptors (Lipinski definition) is 5. The molecule has 1 N–H and O–H groups in total. The molecule has 1 aromatic heterocycles.